The zero-order chi connectivity index (χ0) is 19.6. The maximum atomic E-state index is 13.0. The summed E-state index contributed by atoms with van der Waals surface area (Å²) in [7, 11) is 0. The Hall–Kier alpha value is -2.41. The van der Waals surface area contributed by atoms with Crippen molar-refractivity contribution in [1.29, 1.82) is 0 Å². The number of benzene rings is 1. The fourth-order valence-corrected chi connectivity index (χ4v) is 3.00. The molecule has 8 heteroatoms. The minimum atomic E-state index is -0.553. The molecule has 0 spiro atoms. The Morgan fingerprint density at radius 1 is 1.30 bits per heavy atom. The average molecular weight is 393 g/mol. The van der Waals surface area contributed by atoms with Crippen LogP contribution in [-0.2, 0) is 24.2 Å². The van der Waals surface area contributed by atoms with Gasteiger partial charge in [0, 0.05) is 18.7 Å². The lowest BCUT2D eigenvalue weighted by molar-refractivity contribution is 0.0221. The fraction of sp³-hybridized carbons (Fsp3) is 0.421. The van der Waals surface area contributed by atoms with Crippen molar-refractivity contribution in [3.8, 4) is 0 Å². The maximum absolute atomic E-state index is 13.0. The molecule has 1 amide bonds. The molecule has 0 atom stereocenters. The van der Waals surface area contributed by atoms with Gasteiger partial charge in [-0.2, -0.15) is 0 Å². The zero-order valence-electron chi connectivity index (χ0n) is 15.6. The van der Waals surface area contributed by atoms with Gasteiger partial charge in [0.1, 0.15) is 17.2 Å². The Bertz CT molecular complexity index is 837. The van der Waals surface area contributed by atoms with Gasteiger partial charge in [0.15, 0.2) is 0 Å². The van der Waals surface area contributed by atoms with Crippen molar-refractivity contribution in [2.45, 2.75) is 45.9 Å². The molecule has 6 nitrogen and oxygen atoms in total. The minimum Gasteiger partial charge on any atom is -0.444 e. The number of halogens is 2. The number of anilines is 1. The van der Waals surface area contributed by atoms with E-state index in [9.17, 15) is 9.18 Å². The summed E-state index contributed by atoms with van der Waals surface area (Å²) < 4.78 is 18.5. The predicted octanol–water partition coefficient (Wildman–Crippen LogP) is 4.17. The van der Waals surface area contributed by atoms with E-state index < -0.39 is 5.60 Å². The quantitative estimate of drug-likeness (QED) is 0.794. The number of carbonyl (C=O) groups excluding carboxylic acids is 1. The first-order valence-electron chi connectivity index (χ1n) is 8.73. The molecule has 0 bridgehead atoms. The van der Waals surface area contributed by atoms with E-state index in [1.807, 2.05) is 20.8 Å². The largest absolute Gasteiger partial charge is 0.444 e. The first-order valence-corrected chi connectivity index (χ1v) is 9.10. The van der Waals surface area contributed by atoms with Crippen LogP contribution in [0.1, 0.15) is 37.6 Å². The molecule has 2 aromatic rings. The number of aromatic nitrogens is 2. The number of carbonyl (C=O) groups is 1. The van der Waals surface area contributed by atoms with Crippen molar-refractivity contribution < 1.29 is 13.9 Å². The van der Waals surface area contributed by atoms with Gasteiger partial charge in [-0.15, -0.1) is 0 Å². The number of rotatable bonds is 3. The lowest BCUT2D eigenvalue weighted by Gasteiger charge is -2.31. The summed E-state index contributed by atoms with van der Waals surface area (Å²) in [6.07, 6.45) is 0.223. The van der Waals surface area contributed by atoms with Crippen LogP contribution in [0.4, 0.5) is 15.0 Å². The van der Waals surface area contributed by atoms with Gasteiger partial charge in [0.25, 0.3) is 0 Å². The van der Waals surface area contributed by atoms with E-state index in [2.05, 4.69) is 15.3 Å². The molecule has 0 fully saturated rings. The second-order valence-electron chi connectivity index (χ2n) is 7.40. The van der Waals surface area contributed by atoms with Crippen LogP contribution in [0, 0.1) is 5.82 Å². The molecular formula is C19H22ClFN4O2. The first kappa shape index (κ1) is 19.4. The third-order valence-corrected chi connectivity index (χ3v) is 4.23. The van der Waals surface area contributed by atoms with Gasteiger partial charge in [-0.25, -0.2) is 19.2 Å². The van der Waals surface area contributed by atoms with Crippen LogP contribution in [0.2, 0.25) is 5.28 Å². The summed E-state index contributed by atoms with van der Waals surface area (Å²) in [5, 5.41) is 3.35. The molecule has 0 radical (unpaired) electrons. The highest BCUT2D eigenvalue weighted by Crippen LogP contribution is 2.26. The lowest BCUT2D eigenvalue weighted by Crippen LogP contribution is -2.40. The van der Waals surface area contributed by atoms with Crippen LogP contribution in [0.15, 0.2) is 24.3 Å². The highest BCUT2D eigenvalue weighted by atomic mass is 35.5. The van der Waals surface area contributed by atoms with Gasteiger partial charge < -0.3 is 15.0 Å². The Kier molecular flexibility index (Phi) is 5.51. The summed E-state index contributed by atoms with van der Waals surface area (Å²) in [4.78, 5) is 22.5. The molecule has 1 aromatic carbocycles. The van der Waals surface area contributed by atoms with Crippen LogP contribution in [0.5, 0.6) is 0 Å². The SMILES string of the molecule is CC(C)(C)OC(=O)N1CCc2c(nc(Cl)nc2NCc2ccc(F)cc2)C1. The lowest BCUT2D eigenvalue weighted by atomic mass is 10.1. The number of ether oxygens (including phenoxy) is 1. The van der Waals surface area contributed by atoms with Gasteiger partial charge in [-0.05, 0) is 56.5 Å². The number of fused-ring (bicyclic) bond motifs is 1. The van der Waals surface area contributed by atoms with Crippen LogP contribution in [0.25, 0.3) is 0 Å². The molecule has 3 rings (SSSR count). The first-order chi connectivity index (χ1) is 12.7. The van der Waals surface area contributed by atoms with Gasteiger partial charge in [0.05, 0.1) is 12.2 Å². The molecule has 27 heavy (non-hydrogen) atoms. The molecule has 0 aliphatic carbocycles. The molecule has 1 N–H and O–H groups in total. The number of hydrogen-bond donors (Lipinski definition) is 1. The van der Waals surface area contributed by atoms with Crippen LogP contribution >= 0.6 is 11.6 Å². The number of nitrogens with one attached hydrogen (secondary N) is 1. The highest BCUT2D eigenvalue weighted by molar-refractivity contribution is 6.28. The van der Waals surface area contributed by atoms with Crippen LogP contribution in [-0.4, -0.2) is 33.1 Å². The molecule has 1 aromatic heterocycles. The normalized spacial score (nSPS) is 13.9. The van der Waals surface area contributed by atoms with Crippen molar-refractivity contribution in [3.63, 3.8) is 0 Å². The van der Waals surface area contributed by atoms with E-state index in [1.165, 1.54) is 12.1 Å². The van der Waals surface area contributed by atoms with E-state index in [0.29, 0.717) is 37.6 Å². The van der Waals surface area contributed by atoms with Crippen LogP contribution < -0.4 is 5.32 Å². The summed E-state index contributed by atoms with van der Waals surface area (Å²) >= 11 is 6.07. The summed E-state index contributed by atoms with van der Waals surface area (Å²) in [5.41, 5.74) is 2.00. The number of nitrogens with zero attached hydrogens (tertiary/aromatic N) is 3. The number of amides is 1. The second kappa shape index (κ2) is 7.68. The third kappa shape index (κ3) is 5.07. The minimum absolute atomic E-state index is 0.112. The Labute approximate surface area is 162 Å². The molecular weight excluding hydrogens is 371 g/mol. The summed E-state index contributed by atoms with van der Waals surface area (Å²) in [6.45, 7) is 6.81. The van der Waals surface area contributed by atoms with Crippen LogP contribution in [0.3, 0.4) is 0 Å². The molecule has 144 valence electrons. The second-order valence-corrected chi connectivity index (χ2v) is 7.74. The standard InChI is InChI=1S/C19H22ClFN4O2/c1-19(2,3)27-18(26)25-9-8-14-15(11-25)23-17(20)24-16(14)22-10-12-4-6-13(21)7-5-12/h4-7H,8-11H2,1-3H3,(H,22,23,24). The van der Waals surface area contributed by atoms with Crippen molar-refractivity contribution in [2.75, 3.05) is 11.9 Å². The zero-order valence-corrected chi connectivity index (χ0v) is 16.3. The van der Waals surface area contributed by atoms with Gasteiger partial charge >= 0.3 is 6.09 Å². The highest BCUT2D eigenvalue weighted by Gasteiger charge is 2.28. The monoisotopic (exact) mass is 392 g/mol. The molecule has 0 unspecified atom stereocenters. The summed E-state index contributed by atoms with van der Waals surface area (Å²) in [5.74, 6) is 0.363. The molecule has 1 aliphatic rings. The smallest absolute Gasteiger partial charge is 0.410 e. The third-order valence-electron chi connectivity index (χ3n) is 4.06. The Balaban J connectivity index is 1.74. The van der Waals surface area contributed by atoms with Crippen molar-refractivity contribution in [3.05, 3.63) is 52.2 Å². The van der Waals surface area contributed by atoms with Gasteiger partial charge in [0.2, 0.25) is 5.28 Å². The van der Waals surface area contributed by atoms with Gasteiger partial charge in [-0.3, -0.25) is 0 Å². The van der Waals surface area contributed by atoms with Crippen molar-refractivity contribution in [2.24, 2.45) is 0 Å². The van der Waals surface area contributed by atoms with E-state index in [0.717, 1.165) is 11.1 Å². The average Bonchev–Trinajstić information content (AvgIpc) is 2.59. The maximum Gasteiger partial charge on any atom is 0.410 e. The van der Waals surface area contributed by atoms with Gasteiger partial charge in [-0.1, -0.05) is 12.1 Å². The van der Waals surface area contributed by atoms with Crippen molar-refractivity contribution in [1.82, 2.24) is 14.9 Å². The van der Waals surface area contributed by atoms with E-state index in [4.69, 9.17) is 16.3 Å². The Morgan fingerprint density at radius 2 is 2.00 bits per heavy atom. The molecule has 2 heterocycles. The molecule has 0 saturated carbocycles. The van der Waals surface area contributed by atoms with Crippen molar-refractivity contribution >= 4 is 23.5 Å². The summed E-state index contributed by atoms with van der Waals surface area (Å²) in [6, 6.07) is 6.25. The van der Waals surface area contributed by atoms with E-state index in [-0.39, 0.29) is 17.2 Å². The topological polar surface area (TPSA) is 67.3 Å². The Morgan fingerprint density at radius 3 is 2.67 bits per heavy atom. The molecule has 0 saturated heterocycles. The number of hydrogen-bond acceptors (Lipinski definition) is 5. The fourth-order valence-electron chi connectivity index (χ4n) is 2.82. The van der Waals surface area contributed by atoms with E-state index in [1.54, 1.807) is 17.0 Å². The van der Waals surface area contributed by atoms with E-state index >= 15 is 0 Å². The molecule has 1 aliphatic heterocycles. The predicted molar refractivity (Wildman–Crippen MR) is 101 cm³/mol.